The average Bonchev–Trinajstić information content (AvgIpc) is 3.17. The lowest BCUT2D eigenvalue weighted by atomic mass is 10.0. The molecule has 8 nitrogen and oxygen atoms in total. The molecular weight excluding hydrogens is 384 g/mol. The van der Waals surface area contributed by atoms with Crippen molar-refractivity contribution >= 4 is 39.2 Å². The Morgan fingerprint density at radius 1 is 1.14 bits per heavy atom. The highest BCUT2D eigenvalue weighted by Crippen LogP contribution is 2.27. The Morgan fingerprint density at radius 2 is 1.89 bits per heavy atom. The first-order chi connectivity index (χ1) is 13.4. The Morgan fingerprint density at radius 3 is 2.57 bits per heavy atom. The summed E-state index contributed by atoms with van der Waals surface area (Å²) in [5.74, 6) is -1.27. The van der Waals surface area contributed by atoms with E-state index < -0.39 is 16.9 Å². The highest BCUT2D eigenvalue weighted by Gasteiger charge is 2.22. The van der Waals surface area contributed by atoms with Crippen LogP contribution >= 0.6 is 11.3 Å². The van der Waals surface area contributed by atoms with E-state index in [2.05, 4.69) is 4.98 Å². The molecule has 0 saturated heterocycles. The fourth-order valence-corrected chi connectivity index (χ4v) is 3.47. The molecule has 0 amide bonds. The number of benzene rings is 1. The number of thiophene rings is 1. The van der Waals surface area contributed by atoms with Gasteiger partial charge in [-0.05, 0) is 31.5 Å². The molecule has 0 radical (unpaired) electrons. The zero-order valence-corrected chi connectivity index (χ0v) is 15.9. The molecule has 144 valence electrons. The van der Waals surface area contributed by atoms with Gasteiger partial charge in [0.25, 0.3) is 0 Å². The zero-order chi connectivity index (χ0) is 20.3. The minimum absolute atomic E-state index is 0.0990. The smallest absolute Gasteiger partial charge is 0.348 e. The lowest BCUT2D eigenvalue weighted by molar-refractivity contribution is -0.380. The van der Waals surface area contributed by atoms with Crippen LogP contribution in [0.15, 0.2) is 36.4 Å². The second kappa shape index (κ2) is 8.13. The van der Waals surface area contributed by atoms with E-state index in [1.54, 1.807) is 19.9 Å². The van der Waals surface area contributed by atoms with Gasteiger partial charge in [0, 0.05) is 11.5 Å². The van der Waals surface area contributed by atoms with Gasteiger partial charge < -0.3 is 9.47 Å². The molecule has 0 atom stereocenters. The molecule has 0 aliphatic heterocycles. The number of rotatable bonds is 6. The summed E-state index contributed by atoms with van der Waals surface area (Å²) in [7, 11) is 0. The van der Waals surface area contributed by atoms with Gasteiger partial charge in [-0.3, -0.25) is 10.1 Å². The summed E-state index contributed by atoms with van der Waals surface area (Å²) < 4.78 is 10.4. The van der Waals surface area contributed by atoms with Gasteiger partial charge in [-0.1, -0.05) is 29.5 Å². The molecular formula is C19H16N2O6S. The van der Waals surface area contributed by atoms with E-state index in [-0.39, 0.29) is 34.3 Å². The molecule has 9 heteroatoms. The van der Waals surface area contributed by atoms with E-state index in [1.807, 2.05) is 18.2 Å². The summed E-state index contributed by atoms with van der Waals surface area (Å²) >= 11 is 0.723. The van der Waals surface area contributed by atoms with Crippen molar-refractivity contribution < 1.29 is 24.0 Å². The topological polar surface area (TPSA) is 109 Å². The Balaban J connectivity index is 1.92. The van der Waals surface area contributed by atoms with Crippen LogP contribution in [0.5, 0.6) is 0 Å². The van der Waals surface area contributed by atoms with Crippen LogP contribution in [0, 0.1) is 17.0 Å². The Bertz CT molecular complexity index is 1080. The highest BCUT2D eigenvalue weighted by molar-refractivity contribution is 7.17. The first kappa shape index (κ1) is 19.4. The first-order valence-corrected chi connectivity index (χ1v) is 9.20. The fourth-order valence-electron chi connectivity index (χ4n) is 2.76. The first-order valence-electron chi connectivity index (χ1n) is 8.39. The van der Waals surface area contributed by atoms with Crippen molar-refractivity contribution in [2.75, 3.05) is 6.61 Å². The number of hydrogen-bond acceptors (Lipinski definition) is 8. The number of esters is 2. The molecule has 0 bridgehead atoms. The van der Waals surface area contributed by atoms with Crippen LogP contribution in [0.4, 0.5) is 5.00 Å². The minimum Gasteiger partial charge on any atom is -0.462 e. The Hall–Kier alpha value is -3.33. The molecule has 0 aliphatic carbocycles. The number of carbonyl (C=O) groups is 2. The van der Waals surface area contributed by atoms with Crippen molar-refractivity contribution in [3.8, 4) is 0 Å². The van der Waals surface area contributed by atoms with Crippen molar-refractivity contribution in [2.45, 2.75) is 20.5 Å². The summed E-state index contributed by atoms with van der Waals surface area (Å²) in [5, 5.41) is 11.4. The third kappa shape index (κ3) is 3.84. The van der Waals surface area contributed by atoms with Crippen LogP contribution in [-0.2, 0) is 16.1 Å². The number of carbonyl (C=O) groups excluding carboxylic acids is 2. The molecule has 0 N–H and O–H groups in total. The maximum absolute atomic E-state index is 12.4. The van der Waals surface area contributed by atoms with Crippen molar-refractivity contribution in [3.05, 3.63) is 68.2 Å². The van der Waals surface area contributed by atoms with Crippen molar-refractivity contribution in [1.82, 2.24) is 4.98 Å². The quantitative estimate of drug-likeness (QED) is 0.349. The fraction of sp³-hybridized carbons (Fsp3) is 0.211. The van der Waals surface area contributed by atoms with Crippen molar-refractivity contribution in [2.24, 2.45) is 0 Å². The van der Waals surface area contributed by atoms with Crippen molar-refractivity contribution in [1.29, 1.82) is 0 Å². The summed E-state index contributed by atoms with van der Waals surface area (Å²) in [4.78, 5) is 39.4. The van der Waals surface area contributed by atoms with E-state index in [0.29, 0.717) is 11.1 Å². The van der Waals surface area contributed by atoms with Crippen LogP contribution in [-0.4, -0.2) is 28.5 Å². The predicted molar refractivity (Wildman–Crippen MR) is 103 cm³/mol. The molecule has 0 aliphatic rings. The lowest BCUT2D eigenvalue weighted by Crippen LogP contribution is -2.14. The molecule has 2 heterocycles. The standard InChI is InChI=1S/C19H16N2O6S/c1-3-26-19(23)17-11(2)12-6-4-5-7-13(12)20-14(17)10-27-18(22)15-8-9-16(28-15)21(24)25/h4-9H,3,10H2,1-2H3. The largest absolute Gasteiger partial charge is 0.462 e. The number of pyridine rings is 1. The van der Waals surface area contributed by atoms with Crippen LogP contribution < -0.4 is 0 Å². The highest BCUT2D eigenvalue weighted by atomic mass is 32.1. The lowest BCUT2D eigenvalue weighted by Gasteiger charge is -2.14. The van der Waals surface area contributed by atoms with E-state index in [0.717, 1.165) is 16.7 Å². The van der Waals surface area contributed by atoms with Gasteiger partial charge in [0.1, 0.15) is 11.5 Å². The van der Waals surface area contributed by atoms with Gasteiger partial charge in [-0.25, -0.2) is 14.6 Å². The molecule has 0 unspecified atom stereocenters. The number of aromatic nitrogens is 1. The van der Waals surface area contributed by atoms with Crippen LogP contribution in [0.1, 0.15) is 38.2 Å². The molecule has 3 aromatic rings. The zero-order valence-electron chi connectivity index (χ0n) is 15.1. The SMILES string of the molecule is CCOC(=O)c1c(COC(=O)c2ccc([N+](=O)[O-])s2)nc2ccccc2c1C. The second-order valence-corrected chi connectivity index (χ2v) is 6.83. The molecule has 2 aromatic heterocycles. The predicted octanol–water partition coefficient (Wildman–Crippen LogP) is 4.05. The van der Waals surface area contributed by atoms with Crippen LogP contribution in [0.2, 0.25) is 0 Å². The minimum atomic E-state index is -0.722. The monoisotopic (exact) mass is 400 g/mol. The van der Waals surface area contributed by atoms with Crippen LogP contribution in [0.25, 0.3) is 10.9 Å². The average molecular weight is 400 g/mol. The van der Waals surface area contributed by atoms with Gasteiger partial charge in [0.15, 0.2) is 0 Å². The van der Waals surface area contributed by atoms with E-state index >= 15 is 0 Å². The number of hydrogen-bond donors (Lipinski definition) is 0. The Labute approximate surface area is 163 Å². The molecule has 3 rings (SSSR count). The van der Waals surface area contributed by atoms with Gasteiger partial charge in [-0.15, -0.1) is 0 Å². The van der Waals surface area contributed by atoms with Crippen LogP contribution in [0.3, 0.4) is 0 Å². The summed E-state index contributed by atoms with van der Waals surface area (Å²) in [6, 6.07) is 9.88. The van der Waals surface area contributed by atoms with Gasteiger partial charge in [-0.2, -0.15) is 0 Å². The van der Waals surface area contributed by atoms with E-state index in [9.17, 15) is 19.7 Å². The second-order valence-electron chi connectivity index (χ2n) is 5.77. The van der Waals surface area contributed by atoms with E-state index in [4.69, 9.17) is 9.47 Å². The number of ether oxygens (including phenoxy) is 2. The number of aryl methyl sites for hydroxylation is 1. The third-order valence-corrected chi connectivity index (χ3v) is 5.04. The summed E-state index contributed by atoms with van der Waals surface area (Å²) in [5.41, 5.74) is 1.87. The normalized spacial score (nSPS) is 10.6. The van der Waals surface area contributed by atoms with E-state index in [1.165, 1.54) is 12.1 Å². The number of nitro groups is 1. The van der Waals surface area contributed by atoms with Gasteiger partial charge in [0.2, 0.25) is 0 Å². The maximum Gasteiger partial charge on any atom is 0.348 e. The molecule has 0 spiro atoms. The molecule has 1 aromatic carbocycles. The van der Waals surface area contributed by atoms with Gasteiger partial charge >= 0.3 is 16.9 Å². The maximum atomic E-state index is 12.4. The summed E-state index contributed by atoms with van der Waals surface area (Å²) in [6.07, 6.45) is 0. The Kier molecular flexibility index (Phi) is 5.65. The molecule has 0 fully saturated rings. The number of nitrogens with zero attached hydrogens (tertiary/aromatic N) is 2. The summed E-state index contributed by atoms with van der Waals surface area (Å²) in [6.45, 7) is 3.42. The van der Waals surface area contributed by atoms with Crippen molar-refractivity contribution in [3.63, 3.8) is 0 Å². The third-order valence-electron chi connectivity index (χ3n) is 4.02. The number of fused-ring (bicyclic) bond motifs is 1. The number of para-hydroxylation sites is 1. The van der Waals surface area contributed by atoms with Gasteiger partial charge in [0.05, 0.1) is 28.3 Å². The molecule has 28 heavy (non-hydrogen) atoms. The molecule has 0 saturated carbocycles.